The topological polar surface area (TPSA) is 38.8 Å². The van der Waals surface area contributed by atoms with Gasteiger partial charge in [0.2, 0.25) is 5.17 Å². The zero-order chi connectivity index (χ0) is 6.53. The van der Waals surface area contributed by atoms with Crippen LogP contribution in [0.15, 0.2) is 10.1 Å². The molecule has 0 N–H and O–H groups in total. The second kappa shape index (κ2) is 3.50. The Balaban J connectivity index is 2.19. The summed E-state index contributed by atoms with van der Waals surface area (Å²) >= 11 is 1.64. The molecule has 0 aromatic rings. The van der Waals surface area contributed by atoms with Gasteiger partial charge in [-0.2, -0.15) is 0 Å². The Bertz CT molecular complexity index is 141. The van der Waals surface area contributed by atoms with Gasteiger partial charge in [0.25, 0.3) is 0 Å². The lowest BCUT2D eigenvalue weighted by Crippen LogP contribution is -1.85. The summed E-state index contributed by atoms with van der Waals surface area (Å²) < 4.78 is 0. The van der Waals surface area contributed by atoms with Crippen LogP contribution in [0, 0.1) is 0 Å². The summed E-state index contributed by atoms with van der Waals surface area (Å²) in [6, 6.07) is 0. The summed E-state index contributed by atoms with van der Waals surface area (Å²) in [6.07, 6.45) is 2.62. The fraction of sp³-hybridized carbons (Fsp3) is 0.600. The van der Waals surface area contributed by atoms with Crippen molar-refractivity contribution in [1.82, 2.24) is 5.43 Å². The lowest BCUT2D eigenvalue weighted by molar-refractivity contribution is 1.07. The minimum atomic E-state index is 0.789. The van der Waals surface area contributed by atoms with Crippen LogP contribution < -0.4 is 5.43 Å². The zero-order valence-corrected chi connectivity index (χ0v) is 6.06. The molecule has 0 spiro atoms. The van der Waals surface area contributed by atoms with Crippen molar-refractivity contribution in [2.45, 2.75) is 13.3 Å². The largest absolute Gasteiger partial charge is 0.210 e. The predicted octanol–water partition coefficient (Wildman–Crippen LogP) is 1.05. The molecule has 0 bridgehead atoms. The Morgan fingerprint density at radius 3 is 3.11 bits per heavy atom. The molecule has 3 nitrogen and oxygen atoms in total. The van der Waals surface area contributed by atoms with E-state index in [1.165, 1.54) is 6.34 Å². The third-order valence-electron chi connectivity index (χ3n) is 0.798. The quantitative estimate of drug-likeness (QED) is 0.568. The average Bonchev–Trinajstić information content (AvgIpc) is 2.34. The summed E-state index contributed by atoms with van der Waals surface area (Å²) in [5, 5.41) is 4.54. The lowest BCUT2D eigenvalue weighted by atomic mass is 10.6. The van der Waals surface area contributed by atoms with Crippen LogP contribution in [0.4, 0.5) is 0 Å². The molecule has 0 atom stereocenters. The number of aliphatic imine (C=N–C) groups is 1. The third-order valence-corrected chi connectivity index (χ3v) is 1.86. The summed E-state index contributed by atoms with van der Waals surface area (Å²) in [7, 11) is 0. The normalized spacial score (nSPS) is 15.4. The molecule has 9 heavy (non-hydrogen) atoms. The van der Waals surface area contributed by atoms with Crippen molar-refractivity contribution in [3.05, 3.63) is 0 Å². The van der Waals surface area contributed by atoms with E-state index in [1.807, 2.05) is 0 Å². The number of hydrogen-bond donors (Lipinski definition) is 0. The van der Waals surface area contributed by atoms with Crippen LogP contribution in [-0.4, -0.2) is 17.3 Å². The van der Waals surface area contributed by atoms with Crippen LogP contribution in [0.2, 0.25) is 0 Å². The van der Waals surface area contributed by atoms with E-state index in [1.54, 1.807) is 11.8 Å². The molecule has 0 aliphatic carbocycles. The van der Waals surface area contributed by atoms with Crippen LogP contribution in [-0.2, 0) is 0 Å². The number of nitrogens with zero attached hydrogens (tertiary/aromatic N) is 3. The van der Waals surface area contributed by atoms with Crippen molar-refractivity contribution in [2.75, 3.05) is 5.75 Å². The second-order valence-corrected chi connectivity index (χ2v) is 2.65. The van der Waals surface area contributed by atoms with E-state index >= 15 is 0 Å². The molecule has 0 aromatic carbocycles. The maximum Gasteiger partial charge on any atom is 0.210 e. The van der Waals surface area contributed by atoms with Gasteiger partial charge in [0.15, 0.2) is 0 Å². The van der Waals surface area contributed by atoms with Gasteiger partial charge in [-0.15, -0.1) is 10.5 Å². The molecule has 49 valence electrons. The molecule has 1 aliphatic heterocycles. The van der Waals surface area contributed by atoms with Gasteiger partial charge < -0.3 is 0 Å². The minimum absolute atomic E-state index is 0.789. The predicted molar refractivity (Wildman–Crippen MR) is 40.8 cm³/mol. The summed E-state index contributed by atoms with van der Waals surface area (Å²) in [4.78, 5) is 3.89. The molecule has 1 radical (unpaired) electrons. The number of amidine groups is 1. The first kappa shape index (κ1) is 6.61. The van der Waals surface area contributed by atoms with E-state index < -0.39 is 0 Å². The maximum atomic E-state index is 3.89. The van der Waals surface area contributed by atoms with Crippen LogP contribution in [0.1, 0.15) is 13.3 Å². The number of thioether (sulfide) groups is 1. The fourth-order valence-electron chi connectivity index (χ4n) is 0.436. The molecule has 0 fully saturated rings. The molecule has 1 heterocycles. The van der Waals surface area contributed by atoms with Crippen LogP contribution in [0.25, 0.3) is 0 Å². The highest BCUT2D eigenvalue weighted by Crippen LogP contribution is 2.07. The highest BCUT2D eigenvalue weighted by molar-refractivity contribution is 8.13. The van der Waals surface area contributed by atoms with Crippen molar-refractivity contribution in [3.8, 4) is 0 Å². The number of hydrogen-bond acceptors (Lipinski definition) is 3. The van der Waals surface area contributed by atoms with Crippen molar-refractivity contribution in [1.29, 1.82) is 0 Å². The van der Waals surface area contributed by atoms with Crippen LogP contribution in [0.5, 0.6) is 0 Å². The smallest absolute Gasteiger partial charge is 0.207 e. The SMILES string of the molecule is CCCSC1=N[N]C=N1. The first-order valence-electron chi connectivity index (χ1n) is 2.86. The van der Waals surface area contributed by atoms with E-state index in [-0.39, 0.29) is 0 Å². The third kappa shape index (κ3) is 2.05. The molecule has 0 saturated carbocycles. The molecule has 0 unspecified atom stereocenters. The number of rotatable bonds is 2. The Morgan fingerprint density at radius 1 is 1.67 bits per heavy atom. The Morgan fingerprint density at radius 2 is 2.56 bits per heavy atom. The van der Waals surface area contributed by atoms with Gasteiger partial charge in [-0.1, -0.05) is 18.7 Å². The Labute approximate surface area is 58.6 Å². The molecule has 0 saturated heterocycles. The molecular formula is C5H8N3S. The van der Waals surface area contributed by atoms with E-state index in [0.717, 1.165) is 17.3 Å². The summed E-state index contributed by atoms with van der Waals surface area (Å²) in [6.45, 7) is 2.13. The van der Waals surface area contributed by atoms with Gasteiger partial charge in [-0.25, -0.2) is 4.99 Å². The van der Waals surface area contributed by atoms with E-state index in [9.17, 15) is 0 Å². The highest BCUT2D eigenvalue weighted by atomic mass is 32.2. The lowest BCUT2D eigenvalue weighted by Gasteiger charge is -1.89. The Kier molecular flexibility index (Phi) is 2.57. The maximum absolute atomic E-state index is 3.89. The fourth-order valence-corrected chi connectivity index (χ4v) is 1.05. The monoisotopic (exact) mass is 142 g/mol. The molecule has 4 heteroatoms. The second-order valence-electron chi connectivity index (χ2n) is 1.59. The molecule has 0 amide bonds. The van der Waals surface area contributed by atoms with Crippen LogP contribution >= 0.6 is 11.8 Å². The molecule has 0 aromatic heterocycles. The van der Waals surface area contributed by atoms with Crippen molar-refractivity contribution in [2.24, 2.45) is 10.1 Å². The summed E-state index contributed by atoms with van der Waals surface area (Å²) in [5.74, 6) is 1.08. The van der Waals surface area contributed by atoms with Gasteiger partial charge in [0.1, 0.15) is 6.34 Å². The summed E-state index contributed by atoms with van der Waals surface area (Å²) in [5.41, 5.74) is 3.59. The van der Waals surface area contributed by atoms with E-state index in [0.29, 0.717) is 0 Å². The highest BCUT2D eigenvalue weighted by Gasteiger charge is 2.00. The standard InChI is InChI=1S/C5H8N3S/c1-2-3-9-5-6-4-7-8-5/h4H,2-3H2,1H3. The average molecular weight is 142 g/mol. The van der Waals surface area contributed by atoms with Gasteiger partial charge in [0.05, 0.1) is 0 Å². The first-order valence-corrected chi connectivity index (χ1v) is 3.85. The Hall–Kier alpha value is -0.510. The molecule has 1 aliphatic rings. The van der Waals surface area contributed by atoms with Gasteiger partial charge in [-0.05, 0) is 6.42 Å². The van der Waals surface area contributed by atoms with Crippen LogP contribution in [0.3, 0.4) is 0 Å². The minimum Gasteiger partial charge on any atom is -0.207 e. The van der Waals surface area contributed by atoms with E-state index in [4.69, 9.17) is 0 Å². The van der Waals surface area contributed by atoms with Gasteiger partial charge in [0, 0.05) is 5.75 Å². The first-order chi connectivity index (χ1) is 4.43. The van der Waals surface area contributed by atoms with Gasteiger partial charge >= 0.3 is 0 Å². The van der Waals surface area contributed by atoms with E-state index in [2.05, 4.69) is 22.4 Å². The van der Waals surface area contributed by atoms with Crippen molar-refractivity contribution >= 4 is 23.3 Å². The molecule has 1 rings (SSSR count). The van der Waals surface area contributed by atoms with Crippen molar-refractivity contribution < 1.29 is 0 Å². The van der Waals surface area contributed by atoms with Gasteiger partial charge in [-0.3, -0.25) is 0 Å². The van der Waals surface area contributed by atoms with Crippen molar-refractivity contribution in [3.63, 3.8) is 0 Å². The zero-order valence-electron chi connectivity index (χ0n) is 5.24. The molecular weight excluding hydrogens is 134 g/mol.